The van der Waals surface area contributed by atoms with E-state index in [2.05, 4.69) is 55.8 Å². The fraction of sp³-hybridized carbons (Fsp3) is 0.667. The van der Waals surface area contributed by atoms with E-state index in [-0.39, 0.29) is 24.0 Å². The lowest BCUT2D eigenvalue weighted by molar-refractivity contribution is -0.146. The van der Waals surface area contributed by atoms with Crippen LogP contribution in [0.25, 0.3) is 0 Å². The Kier molecular flexibility index (Phi) is 7.53. The van der Waals surface area contributed by atoms with Crippen LogP contribution in [0, 0.1) is 23.7 Å². The number of esters is 1. The van der Waals surface area contributed by atoms with Crippen molar-refractivity contribution in [2.75, 3.05) is 7.11 Å². The van der Waals surface area contributed by atoms with Gasteiger partial charge in [0.25, 0.3) is 0 Å². The summed E-state index contributed by atoms with van der Waals surface area (Å²) in [5.74, 6) is 1.98. The van der Waals surface area contributed by atoms with Crippen LogP contribution in [0.5, 0.6) is 5.75 Å². The maximum atomic E-state index is 12.0. The maximum Gasteiger partial charge on any atom is 0.309 e. The van der Waals surface area contributed by atoms with Crippen molar-refractivity contribution >= 4 is 21.9 Å². The Bertz CT molecular complexity index is 617. The molecule has 1 saturated heterocycles. The summed E-state index contributed by atoms with van der Waals surface area (Å²) in [7, 11) is 1.67. The highest BCUT2D eigenvalue weighted by Crippen LogP contribution is 2.33. The second-order valence-electron chi connectivity index (χ2n) is 8.14. The monoisotopic (exact) mass is 425 g/mol. The summed E-state index contributed by atoms with van der Waals surface area (Å²) in [5, 5.41) is 0. The molecule has 0 aliphatic carbocycles. The first-order chi connectivity index (χ1) is 12.2. The van der Waals surface area contributed by atoms with Crippen molar-refractivity contribution in [1.82, 2.24) is 0 Å². The molecule has 2 rings (SSSR count). The number of halogens is 1. The van der Waals surface area contributed by atoms with Gasteiger partial charge in [0.2, 0.25) is 0 Å². The van der Waals surface area contributed by atoms with E-state index in [1.807, 2.05) is 6.07 Å². The Hall–Kier alpha value is -1.07. The summed E-state index contributed by atoms with van der Waals surface area (Å²) in [5.41, 5.74) is 7.72. The van der Waals surface area contributed by atoms with Gasteiger partial charge >= 0.3 is 5.97 Å². The SMILES string of the molecule is COc1ccc(C[C@@H](C[C@H](N)[C@@H]2C[C@@H](C(C)C)C(=O)O2)C(C)C)cc1Br. The molecule has 0 aromatic heterocycles. The first-order valence-electron chi connectivity index (χ1n) is 9.51. The maximum absolute atomic E-state index is 12.0. The van der Waals surface area contributed by atoms with Crippen LogP contribution in [-0.4, -0.2) is 25.2 Å². The van der Waals surface area contributed by atoms with Gasteiger partial charge in [0.1, 0.15) is 11.9 Å². The zero-order valence-corrected chi connectivity index (χ0v) is 18.1. The van der Waals surface area contributed by atoms with Gasteiger partial charge in [0, 0.05) is 6.04 Å². The molecule has 0 bridgehead atoms. The Morgan fingerprint density at radius 2 is 2.00 bits per heavy atom. The van der Waals surface area contributed by atoms with Crippen LogP contribution in [0.2, 0.25) is 0 Å². The van der Waals surface area contributed by atoms with Crippen LogP contribution in [0.1, 0.15) is 46.1 Å². The number of carbonyl (C=O) groups is 1. The van der Waals surface area contributed by atoms with Crippen LogP contribution in [-0.2, 0) is 16.0 Å². The third kappa shape index (κ3) is 5.23. The van der Waals surface area contributed by atoms with Crippen molar-refractivity contribution in [1.29, 1.82) is 0 Å². The van der Waals surface area contributed by atoms with Gasteiger partial charge in [0.15, 0.2) is 0 Å². The van der Waals surface area contributed by atoms with Gasteiger partial charge in [0.05, 0.1) is 17.5 Å². The molecular formula is C21H32BrNO3. The number of hydrogen-bond acceptors (Lipinski definition) is 4. The number of benzene rings is 1. The lowest BCUT2D eigenvalue weighted by Gasteiger charge is -2.27. The zero-order chi connectivity index (χ0) is 19.4. The third-order valence-electron chi connectivity index (χ3n) is 5.57. The van der Waals surface area contributed by atoms with Crippen LogP contribution in [0.15, 0.2) is 22.7 Å². The van der Waals surface area contributed by atoms with E-state index in [0.717, 1.165) is 29.5 Å². The highest BCUT2D eigenvalue weighted by Gasteiger charge is 2.39. The largest absolute Gasteiger partial charge is 0.496 e. The van der Waals surface area contributed by atoms with Gasteiger partial charge in [-0.1, -0.05) is 33.8 Å². The van der Waals surface area contributed by atoms with E-state index in [1.165, 1.54) is 5.56 Å². The molecule has 1 aromatic rings. The van der Waals surface area contributed by atoms with Gasteiger partial charge in [-0.05, 0) is 70.6 Å². The summed E-state index contributed by atoms with van der Waals surface area (Å²) in [6.07, 6.45) is 2.39. The second-order valence-corrected chi connectivity index (χ2v) is 8.99. The van der Waals surface area contributed by atoms with Crippen molar-refractivity contribution in [3.8, 4) is 5.75 Å². The van der Waals surface area contributed by atoms with Gasteiger partial charge in [-0.2, -0.15) is 0 Å². The van der Waals surface area contributed by atoms with Crippen LogP contribution >= 0.6 is 15.9 Å². The Morgan fingerprint density at radius 1 is 1.31 bits per heavy atom. The Balaban J connectivity index is 2.02. The highest BCUT2D eigenvalue weighted by atomic mass is 79.9. The minimum atomic E-state index is -0.154. The zero-order valence-electron chi connectivity index (χ0n) is 16.5. The molecule has 1 heterocycles. The first kappa shape index (κ1) is 21.2. The van der Waals surface area contributed by atoms with E-state index in [1.54, 1.807) is 7.11 Å². The molecule has 2 N–H and O–H groups in total. The summed E-state index contributed by atoms with van der Waals surface area (Å²) in [6.45, 7) is 8.59. The number of carbonyl (C=O) groups excluding carboxylic acids is 1. The molecule has 1 fully saturated rings. The molecule has 0 saturated carbocycles. The van der Waals surface area contributed by atoms with Crippen molar-refractivity contribution in [2.24, 2.45) is 29.4 Å². The summed E-state index contributed by atoms with van der Waals surface area (Å²) in [4.78, 5) is 12.0. The van der Waals surface area contributed by atoms with Crippen LogP contribution < -0.4 is 10.5 Å². The minimum absolute atomic E-state index is 0.0129. The smallest absolute Gasteiger partial charge is 0.309 e. The summed E-state index contributed by atoms with van der Waals surface area (Å²) in [6, 6.07) is 6.10. The predicted molar refractivity (Wildman–Crippen MR) is 108 cm³/mol. The fourth-order valence-electron chi connectivity index (χ4n) is 3.67. The summed E-state index contributed by atoms with van der Waals surface area (Å²) >= 11 is 3.56. The summed E-state index contributed by atoms with van der Waals surface area (Å²) < 4.78 is 11.9. The van der Waals surface area contributed by atoms with E-state index in [9.17, 15) is 4.79 Å². The van der Waals surface area contributed by atoms with Gasteiger partial charge in [-0.3, -0.25) is 4.79 Å². The number of nitrogens with two attached hydrogens (primary N) is 1. The van der Waals surface area contributed by atoms with Crippen molar-refractivity contribution in [3.05, 3.63) is 28.2 Å². The van der Waals surface area contributed by atoms with E-state index < -0.39 is 0 Å². The standard InChI is InChI=1S/C21H32BrNO3/c1-12(2)15(8-14-6-7-19(25-5)17(22)9-14)10-18(23)20-11-16(13(3)4)21(24)26-20/h6-7,9,12-13,15-16,18,20H,8,10-11,23H2,1-5H3/t15-,16-,18-,20-/m0/s1. The molecule has 1 aromatic carbocycles. The van der Waals surface area contributed by atoms with E-state index >= 15 is 0 Å². The molecule has 1 aliphatic rings. The number of cyclic esters (lactones) is 1. The fourth-order valence-corrected chi connectivity index (χ4v) is 4.26. The molecular weight excluding hydrogens is 394 g/mol. The molecule has 146 valence electrons. The van der Waals surface area contributed by atoms with Gasteiger partial charge in [-0.15, -0.1) is 0 Å². The normalized spacial score (nSPS) is 22.6. The second kappa shape index (κ2) is 9.23. The molecule has 0 radical (unpaired) electrons. The lowest BCUT2D eigenvalue weighted by atomic mass is 9.82. The molecule has 4 atom stereocenters. The molecule has 1 aliphatic heterocycles. The van der Waals surface area contributed by atoms with Crippen LogP contribution in [0.3, 0.4) is 0 Å². The average molecular weight is 426 g/mol. The predicted octanol–water partition coefficient (Wildman–Crippen LogP) is 4.58. The Labute approximate surface area is 165 Å². The number of rotatable bonds is 8. The number of hydrogen-bond donors (Lipinski definition) is 1. The number of ether oxygens (including phenoxy) is 2. The van der Waals surface area contributed by atoms with Crippen LogP contribution in [0.4, 0.5) is 0 Å². The van der Waals surface area contributed by atoms with Crippen molar-refractivity contribution < 1.29 is 14.3 Å². The van der Waals surface area contributed by atoms with Gasteiger partial charge in [-0.25, -0.2) is 0 Å². The average Bonchev–Trinajstić information content (AvgIpc) is 2.96. The highest BCUT2D eigenvalue weighted by molar-refractivity contribution is 9.10. The number of methoxy groups -OCH3 is 1. The molecule has 0 unspecified atom stereocenters. The molecule has 0 spiro atoms. The third-order valence-corrected chi connectivity index (χ3v) is 6.19. The molecule has 5 heteroatoms. The Morgan fingerprint density at radius 3 is 2.50 bits per heavy atom. The van der Waals surface area contributed by atoms with E-state index in [0.29, 0.717) is 17.8 Å². The molecule has 26 heavy (non-hydrogen) atoms. The molecule has 0 amide bonds. The van der Waals surface area contributed by atoms with Crippen molar-refractivity contribution in [3.63, 3.8) is 0 Å². The first-order valence-corrected chi connectivity index (χ1v) is 10.3. The van der Waals surface area contributed by atoms with Gasteiger partial charge < -0.3 is 15.2 Å². The quantitative estimate of drug-likeness (QED) is 0.619. The van der Waals surface area contributed by atoms with Crippen molar-refractivity contribution in [2.45, 2.75) is 59.1 Å². The topological polar surface area (TPSA) is 61.5 Å². The molecule has 4 nitrogen and oxygen atoms in total. The minimum Gasteiger partial charge on any atom is -0.496 e. The van der Waals surface area contributed by atoms with E-state index in [4.69, 9.17) is 15.2 Å². The lowest BCUT2D eigenvalue weighted by Crippen LogP contribution is -2.37.